The van der Waals surface area contributed by atoms with Gasteiger partial charge in [0.05, 0.1) is 5.41 Å². The van der Waals surface area contributed by atoms with Crippen molar-refractivity contribution in [2.75, 3.05) is 18.2 Å². The second-order valence-electron chi connectivity index (χ2n) is 6.76. The number of anilines is 1. The molecule has 0 unspecified atom stereocenters. The highest BCUT2D eigenvalue weighted by molar-refractivity contribution is 6.43. The van der Waals surface area contributed by atoms with Gasteiger partial charge in [0.1, 0.15) is 29.8 Å². The topological polar surface area (TPSA) is 88.2 Å². The molecule has 0 aliphatic carbocycles. The lowest BCUT2D eigenvalue weighted by Crippen LogP contribution is -2.54. The van der Waals surface area contributed by atoms with Crippen molar-refractivity contribution in [1.29, 1.82) is 0 Å². The molecular weight excluding hydrogens is 366 g/mol. The Labute approximate surface area is 162 Å². The van der Waals surface area contributed by atoms with Gasteiger partial charge in [0.25, 0.3) is 5.91 Å². The molecule has 2 heterocycles. The van der Waals surface area contributed by atoms with Gasteiger partial charge in [-0.25, -0.2) is 0 Å². The minimum atomic E-state index is -0.768. The predicted octanol–water partition coefficient (Wildman–Crippen LogP) is 2.47. The number of benzene rings is 2. The van der Waals surface area contributed by atoms with Gasteiger partial charge >= 0.3 is 0 Å². The highest BCUT2D eigenvalue weighted by Gasteiger charge is 2.56. The Hall–Kier alpha value is -2.57. The van der Waals surface area contributed by atoms with E-state index in [0.717, 1.165) is 5.56 Å². The summed E-state index contributed by atoms with van der Waals surface area (Å²) in [5, 5.41) is 16.5. The summed E-state index contributed by atoms with van der Waals surface area (Å²) < 4.78 is 5.99. The van der Waals surface area contributed by atoms with E-state index in [1.165, 1.54) is 0 Å². The van der Waals surface area contributed by atoms with Crippen LogP contribution in [0.4, 0.5) is 5.69 Å². The molecule has 27 heavy (non-hydrogen) atoms. The third-order valence-electron chi connectivity index (χ3n) is 5.31. The van der Waals surface area contributed by atoms with Crippen LogP contribution in [0.3, 0.4) is 0 Å². The maximum atomic E-state index is 12.4. The standard InChI is InChI=1S/C20H20ClN3O3/c21-14-7-8-16-15(11-14)24-17(12-27-16)20(9-4-10-25,18(23-24)19(22)26)13-5-2-1-3-6-13/h1-3,5-8,11,17,25H,4,9-10,12H2,(H2,22,26)/t17-,20+/m0/s1. The van der Waals surface area contributed by atoms with E-state index < -0.39 is 11.3 Å². The monoisotopic (exact) mass is 385 g/mol. The van der Waals surface area contributed by atoms with Crippen LogP contribution >= 0.6 is 11.6 Å². The number of aliphatic hydroxyl groups excluding tert-OH is 1. The van der Waals surface area contributed by atoms with Crippen molar-refractivity contribution in [1.82, 2.24) is 0 Å². The van der Waals surface area contributed by atoms with E-state index in [-0.39, 0.29) is 18.4 Å². The molecule has 0 aromatic heterocycles. The Kier molecular flexibility index (Phi) is 4.53. The summed E-state index contributed by atoms with van der Waals surface area (Å²) in [6.07, 6.45) is 1.03. The largest absolute Gasteiger partial charge is 0.489 e. The molecule has 7 heteroatoms. The number of carbonyl (C=O) groups excluding carboxylic acids is 1. The normalized spacial score (nSPS) is 23.3. The summed E-state index contributed by atoms with van der Waals surface area (Å²) in [4.78, 5) is 12.4. The number of hydrogen-bond donors (Lipinski definition) is 2. The minimum absolute atomic E-state index is 0.0105. The molecule has 0 bridgehead atoms. The minimum Gasteiger partial charge on any atom is -0.489 e. The van der Waals surface area contributed by atoms with E-state index in [2.05, 4.69) is 5.10 Å². The lowest BCUT2D eigenvalue weighted by atomic mass is 9.67. The Morgan fingerprint density at radius 2 is 2.11 bits per heavy atom. The van der Waals surface area contributed by atoms with Crippen LogP contribution in [0.2, 0.25) is 5.02 Å². The molecule has 0 radical (unpaired) electrons. The number of nitrogens with zero attached hydrogens (tertiary/aromatic N) is 2. The van der Waals surface area contributed by atoms with Crippen LogP contribution in [0.1, 0.15) is 18.4 Å². The number of hydrazone groups is 1. The average Bonchev–Trinajstić information content (AvgIpc) is 3.03. The predicted molar refractivity (Wildman–Crippen MR) is 104 cm³/mol. The number of amides is 1. The van der Waals surface area contributed by atoms with E-state index in [1.807, 2.05) is 30.3 Å². The Morgan fingerprint density at radius 3 is 2.81 bits per heavy atom. The molecule has 0 saturated carbocycles. The summed E-state index contributed by atoms with van der Waals surface area (Å²) in [7, 11) is 0. The maximum Gasteiger partial charge on any atom is 0.265 e. The number of aliphatic hydroxyl groups is 1. The third kappa shape index (κ3) is 2.76. The average molecular weight is 386 g/mol. The van der Waals surface area contributed by atoms with Crippen molar-refractivity contribution in [3.8, 4) is 5.75 Å². The first-order valence-electron chi connectivity index (χ1n) is 8.85. The van der Waals surface area contributed by atoms with Crippen molar-refractivity contribution in [2.24, 2.45) is 10.8 Å². The Morgan fingerprint density at radius 1 is 1.33 bits per heavy atom. The molecular formula is C20H20ClN3O3. The van der Waals surface area contributed by atoms with Crippen LogP contribution in [-0.4, -0.2) is 36.0 Å². The fourth-order valence-electron chi connectivity index (χ4n) is 4.15. The molecule has 3 N–H and O–H groups in total. The lowest BCUT2D eigenvalue weighted by Gasteiger charge is -2.41. The molecule has 2 aromatic rings. The molecule has 0 spiro atoms. The van der Waals surface area contributed by atoms with E-state index in [0.29, 0.717) is 35.9 Å². The van der Waals surface area contributed by atoms with E-state index in [9.17, 15) is 9.90 Å². The number of rotatable bonds is 5. The first-order chi connectivity index (χ1) is 13.1. The molecule has 140 valence electrons. The summed E-state index contributed by atoms with van der Waals surface area (Å²) in [5.74, 6) is 0.0870. The quantitative estimate of drug-likeness (QED) is 0.827. The van der Waals surface area contributed by atoms with Gasteiger partial charge in [-0.1, -0.05) is 41.9 Å². The zero-order chi connectivity index (χ0) is 19.0. The van der Waals surface area contributed by atoms with Gasteiger partial charge in [0, 0.05) is 11.6 Å². The number of carbonyl (C=O) groups is 1. The van der Waals surface area contributed by atoms with Crippen LogP contribution in [0.25, 0.3) is 0 Å². The van der Waals surface area contributed by atoms with Crippen molar-refractivity contribution >= 4 is 28.9 Å². The van der Waals surface area contributed by atoms with E-state index >= 15 is 0 Å². The number of ether oxygens (including phenoxy) is 1. The van der Waals surface area contributed by atoms with Crippen LogP contribution in [0, 0.1) is 0 Å². The Balaban J connectivity index is 1.91. The van der Waals surface area contributed by atoms with Gasteiger partial charge in [-0.2, -0.15) is 5.10 Å². The molecule has 2 aliphatic rings. The second kappa shape index (κ2) is 6.87. The molecule has 1 amide bonds. The number of primary amides is 1. The molecule has 0 fully saturated rings. The number of hydrogen-bond acceptors (Lipinski definition) is 5. The summed E-state index contributed by atoms with van der Waals surface area (Å²) in [5.41, 5.74) is 6.91. The highest BCUT2D eigenvalue weighted by Crippen LogP contribution is 2.48. The van der Waals surface area contributed by atoms with Gasteiger partial charge < -0.3 is 15.6 Å². The zero-order valence-electron chi connectivity index (χ0n) is 14.6. The van der Waals surface area contributed by atoms with E-state index in [4.69, 9.17) is 22.1 Å². The smallest absolute Gasteiger partial charge is 0.265 e. The number of nitrogens with two attached hydrogens (primary N) is 1. The summed E-state index contributed by atoms with van der Waals surface area (Å²) in [6, 6.07) is 14.8. The maximum absolute atomic E-state index is 12.4. The number of halogens is 1. The number of fused-ring (bicyclic) bond motifs is 3. The lowest BCUT2D eigenvalue weighted by molar-refractivity contribution is -0.112. The molecule has 6 nitrogen and oxygen atoms in total. The summed E-state index contributed by atoms with van der Waals surface area (Å²) >= 11 is 6.18. The summed E-state index contributed by atoms with van der Waals surface area (Å²) in [6.45, 7) is 0.353. The molecule has 0 saturated heterocycles. The fourth-order valence-corrected chi connectivity index (χ4v) is 4.32. The SMILES string of the molecule is NC(=O)C1=NN2c3cc(Cl)ccc3OC[C@H]2[C@@]1(CCCO)c1ccccc1. The van der Waals surface area contributed by atoms with Gasteiger partial charge in [-0.3, -0.25) is 9.80 Å². The van der Waals surface area contributed by atoms with Crippen LogP contribution in [0.5, 0.6) is 5.75 Å². The van der Waals surface area contributed by atoms with Gasteiger partial charge in [0.15, 0.2) is 0 Å². The van der Waals surface area contributed by atoms with Gasteiger partial charge in [0.2, 0.25) is 0 Å². The van der Waals surface area contributed by atoms with E-state index in [1.54, 1.807) is 23.2 Å². The first-order valence-corrected chi connectivity index (χ1v) is 9.22. The van der Waals surface area contributed by atoms with Crippen LogP contribution in [0.15, 0.2) is 53.6 Å². The fraction of sp³-hybridized carbons (Fsp3) is 0.300. The van der Waals surface area contributed by atoms with Crippen LogP contribution < -0.4 is 15.5 Å². The first kappa shape index (κ1) is 17.8. The third-order valence-corrected chi connectivity index (χ3v) is 5.55. The van der Waals surface area contributed by atoms with Crippen molar-refractivity contribution in [3.63, 3.8) is 0 Å². The highest BCUT2D eigenvalue weighted by atomic mass is 35.5. The molecule has 2 atom stereocenters. The molecule has 2 aliphatic heterocycles. The van der Waals surface area contributed by atoms with Crippen molar-refractivity contribution < 1.29 is 14.6 Å². The zero-order valence-corrected chi connectivity index (χ0v) is 15.4. The van der Waals surface area contributed by atoms with Gasteiger partial charge in [-0.15, -0.1) is 0 Å². The Bertz CT molecular complexity index is 903. The van der Waals surface area contributed by atoms with Crippen LogP contribution in [-0.2, 0) is 10.2 Å². The molecule has 4 rings (SSSR count). The van der Waals surface area contributed by atoms with Crippen molar-refractivity contribution in [3.05, 3.63) is 59.1 Å². The molecule has 2 aromatic carbocycles. The second-order valence-corrected chi connectivity index (χ2v) is 7.20. The van der Waals surface area contributed by atoms with Crippen molar-refractivity contribution in [2.45, 2.75) is 24.3 Å². The van der Waals surface area contributed by atoms with Gasteiger partial charge in [-0.05, 0) is 36.6 Å².